The standard InChI is InChI=1S/C7H19N3S/c1-9-6-4-3-5-7-10(2)11-8/h9H,3-8H2,1-2H3. The molecule has 0 amide bonds. The Morgan fingerprint density at radius 1 is 1.36 bits per heavy atom. The predicted molar refractivity (Wildman–Crippen MR) is 52.2 cm³/mol. The van der Waals surface area contributed by atoms with Crippen LogP contribution in [0.3, 0.4) is 0 Å². The fraction of sp³-hybridized carbons (Fsp3) is 1.00. The monoisotopic (exact) mass is 177 g/mol. The lowest BCUT2D eigenvalue weighted by atomic mass is 10.2. The topological polar surface area (TPSA) is 41.3 Å². The van der Waals surface area contributed by atoms with Gasteiger partial charge in [0, 0.05) is 18.7 Å². The van der Waals surface area contributed by atoms with Gasteiger partial charge >= 0.3 is 0 Å². The van der Waals surface area contributed by atoms with E-state index < -0.39 is 0 Å². The molecule has 0 fully saturated rings. The number of nitrogens with zero attached hydrogens (tertiary/aromatic N) is 1. The number of hydrogen-bond acceptors (Lipinski definition) is 4. The van der Waals surface area contributed by atoms with Gasteiger partial charge < -0.3 is 5.32 Å². The van der Waals surface area contributed by atoms with Gasteiger partial charge in [0.15, 0.2) is 0 Å². The Hall–Kier alpha value is 0.230. The number of nitrogens with one attached hydrogen (secondary N) is 1. The van der Waals surface area contributed by atoms with Crippen molar-refractivity contribution in [2.75, 3.05) is 27.2 Å². The summed E-state index contributed by atoms with van der Waals surface area (Å²) in [7, 11) is 4.00. The van der Waals surface area contributed by atoms with Crippen LogP contribution in [0, 0.1) is 0 Å². The zero-order valence-corrected chi connectivity index (χ0v) is 8.28. The fourth-order valence-electron chi connectivity index (χ4n) is 0.866. The summed E-state index contributed by atoms with van der Waals surface area (Å²) in [4.78, 5) is 0. The number of hydrogen-bond donors (Lipinski definition) is 2. The SMILES string of the molecule is CNCCCCCN(C)SN. The molecule has 0 aliphatic heterocycles. The van der Waals surface area contributed by atoms with E-state index in [1.807, 2.05) is 14.1 Å². The smallest absolute Gasteiger partial charge is 0.00981 e. The minimum Gasteiger partial charge on any atom is -0.320 e. The molecule has 3 N–H and O–H groups in total. The summed E-state index contributed by atoms with van der Waals surface area (Å²) < 4.78 is 2.05. The number of unbranched alkanes of at least 4 members (excludes halogenated alkanes) is 2. The first-order chi connectivity index (χ1) is 5.31. The molecular formula is C7H19N3S. The van der Waals surface area contributed by atoms with E-state index in [2.05, 4.69) is 9.62 Å². The van der Waals surface area contributed by atoms with Crippen molar-refractivity contribution in [2.45, 2.75) is 19.3 Å². The fourth-order valence-corrected chi connectivity index (χ4v) is 1.10. The highest BCUT2D eigenvalue weighted by Gasteiger charge is 1.94. The van der Waals surface area contributed by atoms with Gasteiger partial charge in [0.25, 0.3) is 0 Å². The summed E-state index contributed by atoms with van der Waals surface area (Å²) in [5.41, 5.74) is 0. The molecule has 0 heterocycles. The molecule has 0 aromatic heterocycles. The zero-order valence-electron chi connectivity index (χ0n) is 7.47. The molecule has 0 atom stereocenters. The molecule has 0 aromatic rings. The van der Waals surface area contributed by atoms with Gasteiger partial charge in [-0.05, 0) is 33.5 Å². The highest BCUT2D eigenvalue weighted by molar-refractivity contribution is 7.94. The molecule has 0 aliphatic rings. The van der Waals surface area contributed by atoms with Crippen LogP contribution in [0.25, 0.3) is 0 Å². The number of rotatable bonds is 7. The van der Waals surface area contributed by atoms with Crippen LogP contribution in [0.4, 0.5) is 0 Å². The van der Waals surface area contributed by atoms with Crippen LogP contribution >= 0.6 is 12.1 Å². The minimum absolute atomic E-state index is 1.09. The van der Waals surface area contributed by atoms with Gasteiger partial charge in [0.1, 0.15) is 0 Å². The average molecular weight is 177 g/mol. The second-order valence-corrected chi connectivity index (χ2v) is 3.46. The maximum Gasteiger partial charge on any atom is 0.00981 e. The molecule has 0 spiro atoms. The molecule has 11 heavy (non-hydrogen) atoms. The van der Waals surface area contributed by atoms with Crippen LogP contribution in [-0.2, 0) is 0 Å². The third-order valence-corrected chi connectivity index (χ3v) is 2.12. The quantitative estimate of drug-likeness (QED) is 0.446. The van der Waals surface area contributed by atoms with Crippen molar-refractivity contribution in [1.29, 1.82) is 0 Å². The summed E-state index contributed by atoms with van der Waals surface area (Å²) in [6, 6.07) is 0. The van der Waals surface area contributed by atoms with Gasteiger partial charge in [-0.3, -0.25) is 5.14 Å². The Balaban J connectivity index is 2.89. The maximum atomic E-state index is 5.34. The lowest BCUT2D eigenvalue weighted by molar-refractivity contribution is 0.515. The van der Waals surface area contributed by atoms with Crippen molar-refractivity contribution < 1.29 is 0 Å². The maximum absolute atomic E-state index is 5.34. The molecule has 0 unspecified atom stereocenters. The van der Waals surface area contributed by atoms with Crippen LogP contribution in [0.5, 0.6) is 0 Å². The molecule has 0 saturated heterocycles. The minimum atomic E-state index is 1.09. The first-order valence-corrected chi connectivity index (χ1v) is 4.87. The van der Waals surface area contributed by atoms with E-state index in [9.17, 15) is 0 Å². The Morgan fingerprint density at radius 2 is 2.09 bits per heavy atom. The summed E-state index contributed by atoms with van der Waals surface area (Å²) in [5, 5.41) is 8.47. The van der Waals surface area contributed by atoms with Crippen LogP contribution in [0.15, 0.2) is 0 Å². The summed E-state index contributed by atoms with van der Waals surface area (Å²) in [5.74, 6) is 0. The molecule has 0 aromatic carbocycles. The molecule has 0 aliphatic carbocycles. The van der Waals surface area contributed by atoms with Crippen LogP contribution in [0.2, 0.25) is 0 Å². The normalized spacial score (nSPS) is 10.9. The van der Waals surface area contributed by atoms with Gasteiger partial charge in [0.05, 0.1) is 0 Å². The first kappa shape index (κ1) is 11.2. The largest absolute Gasteiger partial charge is 0.320 e. The highest BCUT2D eigenvalue weighted by atomic mass is 32.2. The van der Waals surface area contributed by atoms with Gasteiger partial charge in [0.2, 0.25) is 0 Å². The molecular weight excluding hydrogens is 158 g/mol. The van der Waals surface area contributed by atoms with Gasteiger partial charge in [-0.25, -0.2) is 4.31 Å². The summed E-state index contributed by atoms with van der Waals surface area (Å²) in [6.45, 7) is 2.21. The van der Waals surface area contributed by atoms with E-state index in [0.29, 0.717) is 0 Å². The summed E-state index contributed by atoms with van der Waals surface area (Å²) >= 11 is 1.31. The van der Waals surface area contributed by atoms with E-state index in [1.54, 1.807) is 0 Å². The van der Waals surface area contributed by atoms with Crippen molar-refractivity contribution >= 4 is 12.1 Å². The van der Waals surface area contributed by atoms with Gasteiger partial charge in [-0.15, -0.1) is 0 Å². The molecule has 0 radical (unpaired) electrons. The second-order valence-electron chi connectivity index (χ2n) is 2.62. The van der Waals surface area contributed by atoms with E-state index in [1.165, 1.54) is 31.4 Å². The van der Waals surface area contributed by atoms with E-state index in [-0.39, 0.29) is 0 Å². The van der Waals surface area contributed by atoms with Crippen LogP contribution in [0.1, 0.15) is 19.3 Å². The Morgan fingerprint density at radius 3 is 2.64 bits per heavy atom. The zero-order chi connectivity index (χ0) is 8.53. The van der Waals surface area contributed by atoms with Crippen LogP contribution in [-0.4, -0.2) is 31.5 Å². The molecule has 0 rings (SSSR count). The summed E-state index contributed by atoms with van der Waals surface area (Å²) in [6.07, 6.45) is 3.79. The van der Waals surface area contributed by atoms with Crippen molar-refractivity contribution in [3.05, 3.63) is 0 Å². The average Bonchev–Trinajstić information content (AvgIpc) is 2.04. The lowest BCUT2D eigenvalue weighted by Gasteiger charge is -2.10. The third-order valence-electron chi connectivity index (χ3n) is 1.58. The Bertz CT molecular complexity index is 80.1. The predicted octanol–water partition coefficient (Wildman–Crippen LogP) is 0.830. The van der Waals surface area contributed by atoms with E-state index in [4.69, 9.17) is 5.14 Å². The lowest BCUT2D eigenvalue weighted by Crippen LogP contribution is -2.14. The Kier molecular flexibility index (Phi) is 8.50. The third kappa shape index (κ3) is 8.13. The molecule has 3 nitrogen and oxygen atoms in total. The van der Waals surface area contributed by atoms with Crippen molar-refractivity contribution in [3.8, 4) is 0 Å². The first-order valence-electron chi connectivity index (χ1n) is 4.04. The molecule has 4 heteroatoms. The molecule has 68 valence electrons. The van der Waals surface area contributed by atoms with Crippen LogP contribution < -0.4 is 10.5 Å². The van der Waals surface area contributed by atoms with E-state index in [0.717, 1.165) is 13.1 Å². The molecule has 0 saturated carbocycles. The highest BCUT2D eigenvalue weighted by Crippen LogP contribution is 2.01. The van der Waals surface area contributed by atoms with E-state index >= 15 is 0 Å². The van der Waals surface area contributed by atoms with Gasteiger partial charge in [-0.2, -0.15) is 0 Å². The van der Waals surface area contributed by atoms with Crippen molar-refractivity contribution in [1.82, 2.24) is 9.62 Å². The Labute approximate surface area is 74.0 Å². The number of nitrogens with two attached hydrogens (primary N) is 1. The van der Waals surface area contributed by atoms with Crippen molar-refractivity contribution in [2.24, 2.45) is 5.14 Å². The van der Waals surface area contributed by atoms with Crippen molar-refractivity contribution in [3.63, 3.8) is 0 Å². The second kappa shape index (κ2) is 8.33. The van der Waals surface area contributed by atoms with Gasteiger partial charge in [-0.1, -0.05) is 6.42 Å². The molecule has 0 bridgehead atoms.